The normalized spacial score (nSPS) is 30.2. The predicted molar refractivity (Wildman–Crippen MR) is 96.3 cm³/mol. The van der Waals surface area contributed by atoms with Gasteiger partial charge in [0.2, 0.25) is 0 Å². The largest absolute Gasteiger partial charge is 0.205 e. The van der Waals surface area contributed by atoms with Gasteiger partial charge in [-0.05, 0) is 79.9 Å². The van der Waals surface area contributed by atoms with Gasteiger partial charge >= 0.3 is 0 Å². The molecule has 0 nitrogen and oxygen atoms in total. The summed E-state index contributed by atoms with van der Waals surface area (Å²) in [5, 5.41) is -0.386. The molecule has 0 saturated heterocycles. The zero-order chi connectivity index (χ0) is 17.1. The molecule has 1 aromatic carbocycles. The fraction of sp³-hybridized carbons (Fsp3) is 0.714. The Morgan fingerprint density at radius 2 is 1.46 bits per heavy atom. The summed E-state index contributed by atoms with van der Waals surface area (Å²) in [5.41, 5.74) is 0.739. The lowest BCUT2D eigenvalue weighted by Gasteiger charge is -2.42. The van der Waals surface area contributed by atoms with E-state index in [1.165, 1.54) is 63.5 Å². The molecule has 0 N–H and O–H groups in total. The van der Waals surface area contributed by atoms with Gasteiger partial charge in [0.1, 0.15) is 16.7 Å². The standard InChI is InChI=1S/C21H29ClF2/c1-2-3-14-6-8-18-11-15(7-9-17(18)10-14)4-5-16-12-19(23)21(22)20(24)13-16/h12-15,17-18H,2-11H2,1H3/t14?,15-,17-,18-/m1/s1. The summed E-state index contributed by atoms with van der Waals surface area (Å²) in [6, 6.07) is 2.79. The molecule has 2 aliphatic carbocycles. The third-order valence-corrected chi connectivity index (χ3v) is 6.77. The molecular formula is C21H29ClF2. The van der Waals surface area contributed by atoms with E-state index in [9.17, 15) is 8.78 Å². The number of hydrogen-bond donors (Lipinski definition) is 0. The minimum atomic E-state index is -0.635. The van der Waals surface area contributed by atoms with Gasteiger partial charge in [-0.1, -0.05) is 44.2 Å². The van der Waals surface area contributed by atoms with Crippen LogP contribution in [0.1, 0.15) is 70.3 Å². The highest BCUT2D eigenvalue weighted by molar-refractivity contribution is 6.30. The van der Waals surface area contributed by atoms with E-state index in [1.807, 2.05) is 0 Å². The maximum Gasteiger partial charge on any atom is 0.145 e. The van der Waals surface area contributed by atoms with Crippen molar-refractivity contribution in [2.45, 2.75) is 71.1 Å². The van der Waals surface area contributed by atoms with E-state index in [0.717, 1.165) is 42.1 Å². The van der Waals surface area contributed by atoms with Crippen LogP contribution >= 0.6 is 11.6 Å². The van der Waals surface area contributed by atoms with Crippen molar-refractivity contribution in [3.05, 3.63) is 34.4 Å². The van der Waals surface area contributed by atoms with Crippen LogP contribution in [0.15, 0.2) is 12.1 Å². The molecule has 0 heterocycles. The van der Waals surface area contributed by atoms with Gasteiger partial charge in [0.05, 0.1) is 0 Å². The Balaban J connectivity index is 1.50. The summed E-state index contributed by atoms with van der Waals surface area (Å²) >= 11 is 5.56. The van der Waals surface area contributed by atoms with Crippen LogP contribution < -0.4 is 0 Å². The molecule has 1 unspecified atom stereocenters. The molecule has 3 heteroatoms. The van der Waals surface area contributed by atoms with Crippen molar-refractivity contribution in [2.24, 2.45) is 23.7 Å². The first-order valence-corrected chi connectivity index (χ1v) is 10.1. The molecule has 0 bridgehead atoms. The fourth-order valence-electron chi connectivity index (χ4n) is 5.14. The Hall–Kier alpha value is -0.630. The highest BCUT2D eigenvalue weighted by atomic mass is 35.5. The summed E-state index contributed by atoms with van der Waals surface area (Å²) in [4.78, 5) is 0. The minimum Gasteiger partial charge on any atom is -0.205 e. The van der Waals surface area contributed by atoms with Crippen molar-refractivity contribution in [3.63, 3.8) is 0 Å². The molecule has 0 amide bonds. The molecule has 2 fully saturated rings. The third kappa shape index (κ3) is 4.31. The van der Waals surface area contributed by atoms with E-state index in [2.05, 4.69) is 6.92 Å². The lowest BCUT2D eigenvalue weighted by atomic mass is 9.63. The van der Waals surface area contributed by atoms with E-state index >= 15 is 0 Å². The summed E-state index contributed by atoms with van der Waals surface area (Å²) in [6.07, 6.45) is 12.7. The molecule has 0 spiro atoms. The number of hydrogen-bond acceptors (Lipinski definition) is 0. The monoisotopic (exact) mass is 354 g/mol. The van der Waals surface area contributed by atoms with Crippen molar-refractivity contribution in [1.29, 1.82) is 0 Å². The molecule has 3 rings (SSSR count). The molecule has 134 valence electrons. The molecular weight excluding hydrogens is 326 g/mol. The maximum atomic E-state index is 13.6. The van der Waals surface area contributed by atoms with E-state index in [1.54, 1.807) is 0 Å². The molecule has 4 atom stereocenters. The van der Waals surface area contributed by atoms with E-state index in [-0.39, 0.29) is 5.02 Å². The maximum absolute atomic E-state index is 13.6. The number of aryl methyl sites for hydroxylation is 1. The summed E-state index contributed by atoms with van der Waals surface area (Å²) in [5.74, 6) is 2.25. The van der Waals surface area contributed by atoms with E-state index < -0.39 is 11.6 Å². The van der Waals surface area contributed by atoms with Gasteiger partial charge in [0, 0.05) is 0 Å². The van der Waals surface area contributed by atoms with Crippen molar-refractivity contribution in [1.82, 2.24) is 0 Å². The SMILES string of the molecule is CCCC1CC[C@@H]2C[C@H](CCc3cc(F)c(Cl)c(F)c3)CC[C@@H]2C1. The van der Waals surface area contributed by atoms with Gasteiger partial charge in [-0.2, -0.15) is 0 Å². The lowest BCUT2D eigenvalue weighted by Crippen LogP contribution is -2.31. The Kier molecular flexibility index (Phi) is 6.18. The van der Waals surface area contributed by atoms with Crippen molar-refractivity contribution >= 4 is 11.6 Å². The van der Waals surface area contributed by atoms with Gasteiger partial charge < -0.3 is 0 Å². The minimum absolute atomic E-state index is 0.386. The topological polar surface area (TPSA) is 0 Å². The van der Waals surface area contributed by atoms with Gasteiger partial charge in [0.15, 0.2) is 0 Å². The predicted octanol–water partition coefficient (Wildman–Crippen LogP) is 7.18. The van der Waals surface area contributed by atoms with Crippen LogP contribution in [0.3, 0.4) is 0 Å². The second-order valence-electron chi connectivity index (χ2n) is 8.08. The van der Waals surface area contributed by atoms with Crippen molar-refractivity contribution in [2.75, 3.05) is 0 Å². The highest BCUT2D eigenvalue weighted by Gasteiger charge is 2.35. The molecule has 0 radical (unpaired) electrons. The van der Waals surface area contributed by atoms with Crippen molar-refractivity contribution < 1.29 is 8.78 Å². The molecule has 2 aliphatic rings. The highest BCUT2D eigenvalue weighted by Crippen LogP contribution is 2.46. The van der Waals surface area contributed by atoms with Gasteiger partial charge in [-0.15, -0.1) is 0 Å². The zero-order valence-electron chi connectivity index (χ0n) is 14.7. The van der Waals surface area contributed by atoms with E-state index in [0.29, 0.717) is 0 Å². The Labute approximate surface area is 150 Å². The number of benzene rings is 1. The fourth-order valence-corrected chi connectivity index (χ4v) is 5.25. The zero-order valence-corrected chi connectivity index (χ0v) is 15.4. The summed E-state index contributed by atoms with van der Waals surface area (Å²) < 4.78 is 27.1. The molecule has 1 aromatic rings. The van der Waals surface area contributed by atoms with Crippen LogP contribution in [-0.4, -0.2) is 0 Å². The molecule has 0 aromatic heterocycles. The number of halogens is 3. The Morgan fingerprint density at radius 3 is 2.00 bits per heavy atom. The summed E-state index contributed by atoms with van der Waals surface area (Å²) in [7, 11) is 0. The average molecular weight is 355 g/mol. The van der Waals surface area contributed by atoms with Gasteiger partial charge in [-0.25, -0.2) is 8.78 Å². The second-order valence-corrected chi connectivity index (χ2v) is 8.46. The number of fused-ring (bicyclic) bond motifs is 1. The molecule has 0 aliphatic heterocycles. The second kappa shape index (κ2) is 8.17. The van der Waals surface area contributed by atoms with Crippen molar-refractivity contribution in [3.8, 4) is 0 Å². The first-order chi connectivity index (χ1) is 11.6. The van der Waals surface area contributed by atoms with Crippen LogP contribution in [0.5, 0.6) is 0 Å². The molecule has 24 heavy (non-hydrogen) atoms. The van der Waals surface area contributed by atoms with Crippen LogP contribution in [0.25, 0.3) is 0 Å². The van der Waals surface area contributed by atoms with Crippen LogP contribution in [0.2, 0.25) is 5.02 Å². The lowest BCUT2D eigenvalue weighted by molar-refractivity contribution is 0.0921. The van der Waals surface area contributed by atoms with Gasteiger partial charge in [0.25, 0.3) is 0 Å². The van der Waals surface area contributed by atoms with Crippen LogP contribution in [0.4, 0.5) is 8.78 Å². The molecule has 2 saturated carbocycles. The Morgan fingerprint density at radius 1 is 0.917 bits per heavy atom. The van der Waals surface area contributed by atoms with Crippen LogP contribution in [0, 0.1) is 35.3 Å². The van der Waals surface area contributed by atoms with Crippen LogP contribution in [-0.2, 0) is 6.42 Å². The summed E-state index contributed by atoms with van der Waals surface area (Å²) in [6.45, 7) is 2.30. The first-order valence-electron chi connectivity index (χ1n) is 9.70. The first kappa shape index (κ1) is 18.2. The van der Waals surface area contributed by atoms with Gasteiger partial charge in [-0.3, -0.25) is 0 Å². The quantitative estimate of drug-likeness (QED) is 0.491. The number of rotatable bonds is 5. The third-order valence-electron chi connectivity index (χ3n) is 6.41. The smallest absolute Gasteiger partial charge is 0.145 e. The average Bonchev–Trinajstić information content (AvgIpc) is 2.58. The Bertz CT molecular complexity index is 534. The van der Waals surface area contributed by atoms with E-state index in [4.69, 9.17) is 11.6 Å².